The molecule has 0 saturated carbocycles. The molecule has 6 heteroatoms. The van der Waals surface area contributed by atoms with Crippen LogP contribution in [0.1, 0.15) is 16.8 Å². The van der Waals surface area contributed by atoms with Gasteiger partial charge in [0.1, 0.15) is 0 Å². The summed E-state index contributed by atoms with van der Waals surface area (Å²) in [4.78, 5) is 30.7. The summed E-state index contributed by atoms with van der Waals surface area (Å²) in [6.45, 7) is 4.42. The molecule has 1 aromatic heterocycles. The highest BCUT2D eigenvalue weighted by Gasteiger charge is 2.23. The molecule has 0 bridgehead atoms. The van der Waals surface area contributed by atoms with Crippen LogP contribution in [-0.4, -0.2) is 40.7 Å². The Morgan fingerprint density at radius 1 is 1.11 bits per heavy atom. The quantitative estimate of drug-likeness (QED) is 0.741. The first-order chi connectivity index (χ1) is 13.1. The first-order valence-electron chi connectivity index (χ1n) is 9.23. The van der Waals surface area contributed by atoms with Crippen molar-refractivity contribution in [3.8, 4) is 0 Å². The molecule has 1 aliphatic heterocycles. The van der Waals surface area contributed by atoms with E-state index in [-0.39, 0.29) is 11.7 Å². The fourth-order valence-corrected chi connectivity index (χ4v) is 3.80. The molecule has 1 atom stereocenters. The van der Waals surface area contributed by atoms with Crippen LogP contribution < -0.4 is 11.2 Å². The van der Waals surface area contributed by atoms with Crippen molar-refractivity contribution in [1.82, 2.24) is 14.9 Å². The second-order valence-electron chi connectivity index (χ2n) is 7.08. The number of aromatic amines is 2. The molecule has 1 fully saturated rings. The molecule has 3 aromatic rings. The molecule has 2 aromatic carbocycles. The third kappa shape index (κ3) is 3.86. The number of aromatic nitrogens is 2. The maximum atomic E-state index is 12.1. The average molecular weight is 365 g/mol. The summed E-state index contributed by atoms with van der Waals surface area (Å²) in [5.74, 6) is 0. The lowest BCUT2D eigenvalue weighted by molar-refractivity contribution is -0.0305. The van der Waals surface area contributed by atoms with Crippen molar-refractivity contribution in [3.63, 3.8) is 0 Å². The van der Waals surface area contributed by atoms with Gasteiger partial charge in [0.05, 0.1) is 18.3 Å². The number of H-pyrrole nitrogens is 2. The van der Waals surface area contributed by atoms with Crippen LogP contribution in [0.4, 0.5) is 0 Å². The number of rotatable bonds is 4. The van der Waals surface area contributed by atoms with Crippen molar-refractivity contribution in [2.24, 2.45) is 0 Å². The average Bonchev–Trinajstić information content (AvgIpc) is 2.65. The summed E-state index contributed by atoms with van der Waals surface area (Å²) >= 11 is 0. The van der Waals surface area contributed by atoms with Crippen LogP contribution in [0.3, 0.4) is 0 Å². The van der Waals surface area contributed by atoms with Crippen molar-refractivity contribution in [2.75, 3.05) is 19.7 Å². The first kappa shape index (κ1) is 17.7. The van der Waals surface area contributed by atoms with Gasteiger partial charge in [-0.25, -0.2) is 4.79 Å². The van der Waals surface area contributed by atoms with Crippen molar-refractivity contribution in [3.05, 3.63) is 80.1 Å². The normalized spacial score (nSPS) is 18.0. The fraction of sp³-hybridized carbons (Fsp3) is 0.333. The van der Waals surface area contributed by atoms with Gasteiger partial charge in [-0.3, -0.25) is 14.7 Å². The molecule has 2 heterocycles. The van der Waals surface area contributed by atoms with Crippen LogP contribution in [0.25, 0.3) is 10.8 Å². The summed E-state index contributed by atoms with van der Waals surface area (Å²) in [6.07, 6.45) is 0.908. The number of fused-ring (bicyclic) bond motifs is 1. The largest absolute Gasteiger partial charge is 0.375 e. The molecular formula is C21H23N3O3. The third-order valence-corrected chi connectivity index (χ3v) is 5.19. The van der Waals surface area contributed by atoms with Gasteiger partial charge in [0, 0.05) is 31.7 Å². The fourth-order valence-electron chi connectivity index (χ4n) is 3.80. The van der Waals surface area contributed by atoms with Crippen LogP contribution in [0.2, 0.25) is 0 Å². The topological polar surface area (TPSA) is 78.2 Å². The predicted octanol–water partition coefficient (Wildman–Crippen LogP) is 1.97. The minimum absolute atomic E-state index is 0.0757. The highest BCUT2D eigenvalue weighted by atomic mass is 16.5. The Morgan fingerprint density at radius 2 is 1.93 bits per heavy atom. The molecular weight excluding hydrogens is 342 g/mol. The number of nitrogens with zero attached hydrogens (tertiary/aromatic N) is 1. The smallest absolute Gasteiger partial charge is 0.325 e. The Balaban J connectivity index is 1.50. The first-order valence-corrected chi connectivity index (χ1v) is 9.23. The molecule has 1 aliphatic rings. The standard InChI is InChI=1S/C21H23N3O3/c1-14-19(20(25)23-21(26)22-14)13-24-9-10-27-17(12-24)11-16-7-4-6-15-5-2-3-8-18(15)16/h2-8,17H,9-13H2,1H3,(H2,22,23,25,26). The van der Waals surface area contributed by atoms with Crippen molar-refractivity contribution < 1.29 is 4.74 Å². The summed E-state index contributed by atoms with van der Waals surface area (Å²) < 4.78 is 5.99. The van der Waals surface area contributed by atoms with Crippen LogP contribution in [0.5, 0.6) is 0 Å². The number of nitrogens with one attached hydrogen (secondary N) is 2. The molecule has 0 aliphatic carbocycles. The molecule has 27 heavy (non-hydrogen) atoms. The second kappa shape index (κ2) is 7.50. The monoisotopic (exact) mass is 365 g/mol. The number of hydrogen-bond donors (Lipinski definition) is 2. The summed E-state index contributed by atoms with van der Waals surface area (Å²) in [5.41, 5.74) is 1.74. The summed E-state index contributed by atoms with van der Waals surface area (Å²) in [5, 5.41) is 2.49. The van der Waals surface area contributed by atoms with Crippen LogP contribution >= 0.6 is 0 Å². The van der Waals surface area contributed by atoms with E-state index in [2.05, 4.69) is 57.3 Å². The molecule has 140 valence electrons. The predicted molar refractivity (Wildman–Crippen MR) is 105 cm³/mol. The molecule has 0 spiro atoms. The SMILES string of the molecule is Cc1[nH]c(=O)[nH]c(=O)c1CN1CCOC(Cc2cccc3ccccc23)C1. The Morgan fingerprint density at radius 3 is 2.78 bits per heavy atom. The Hall–Kier alpha value is -2.70. The van der Waals surface area contributed by atoms with E-state index in [1.165, 1.54) is 16.3 Å². The lowest BCUT2D eigenvalue weighted by Gasteiger charge is -2.33. The van der Waals surface area contributed by atoms with Gasteiger partial charge in [0.15, 0.2) is 0 Å². The molecule has 0 radical (unpaired) electrons. The van der Waals surface area contributed by atoms with Gasteiger partial charge >= 0.3 is 5.69 Å². The minimum Gasteiger partial charge on any atom is -0.375 e. The highest BCUT2D eigenvalue weighted by Crippen LogP contribution is 2.22. The Bertz CT molecular complexity index is 1060. The van der Waals surface area contributed by atoms with Gasteiger partial charge in [0.25, 0.3) is 5.56 Å². The van der Waals surface area contributed by atoms with Crippen molar-refractivity contribution in [1.29, 1.82) is 0 Å². The van der Waals surface area contributed by atoms with Crippen LogP contribution in [0, 0.1) is 6.92 Å². The van der Waals surface area contributed by atoms with E-state index in [9.17, 15) is 9.59 Å². The van der Waals surface area contributed by atoms with Crippen LogP contribution in [0.15, 0.2) is 52.1 Å². The Labute approximate surface area is 156 Å². The van der Waals surface area contributed by atoms with E-state index in [4.69, 9.17) is 4.74 Å². The Kier molecular flexibility index (Phi) is 4.92. The lowest BCUT2D eigenvalue weighted by Crippen LogP contribution is -2.44. The second-order valence-corrected chi connectivity index (χ2v) is 7.08. The van der Waals surface area contributed by atoms with E-state index in [0.29, 0.717) is 24.4 Å². The van der Waals surface area contributed by atoms with E-state index < -0.39 is 5.69 Å². The zero-order valence-corrected chi connectivity index (χ0v) is 15.3. The molecule has 4 rings (SSSR count). The summed E-state index contributed by atoms with van der Waals surface area (Å²) in [6, 6.07) is 14.7. The lowest BCUT2D eigenvalue weighted by atomic mass is 9.99. The van der Waals surface area contributed by atoms with Gasteiger partial charge < -0.3 is 9.72 Å². The van der Waals surface area contributed by atoms with Crippen molar-refractivity contribution in [2.45, 2.75) is 26.0 Å². The van der Waals surface area contributed by atoms with Gasteiger partial charge in [-0.15, -0.1) is 0 Å². The van der Waals surface area contributed by atoms with E-state index in [0.717, 1.165) is 19.5 Å². The number of hydrogen-bond acceptors (Lipinski definition) is 4. The number of benzene rings is 2. The molecule has 0 amide bonds. The molecule has 2 N–H and O–H groups in total. The van der Waals surface area contributed by atoms with Gasteiger partial charge in [0.2, 0.25) is 0 Å². The van der Waals surface area contributed by atoms with E-state index in [1.54, 1.807) is 6.92 Å². The van der Waals surface area contributed by atoms with E-state index in [1.807, 2.05) is 0 Å². The zero-order chi connectivity index (χ0) is 18.8. The minimum atomic E-state index is -0.461. The van der Waals surface area contributed by atoms with Gasteiger partial charge in [-0.1, -0.05) is 42.5 Å². The summed E-state index contributed by atoms with van der Waals surface area (Å²) in [7, 11) is 0. The van der Waals surface area contributed by atoms with E-state index >= 15 is 0 Å². The number of aryl methyl sites for hydroxylation is 1. The number of morpholine rings is 1. The third-order valence-electron chi connectivity index (χ3n) is 5.19. The maximum absolute atomic E-state index is 12.1. The van der Waals surface area contributed by atoms with Gasteiger partial charge in [-0.05, 0) is 23.3 Å². The highest BCUT2D eigenvalue weighted by molar-refractivity contribution is 5.85. The maximum Gasteiger partial charge on any atom is 0.325 e. The van der Waals surface area contributed by atoms with Crippen LogP contribution in [-0.2, 0) is 17.7 Å². The van der Waals surface area contributed by atoms with Crippen molar-refractivity contribution >= 4 is 10.8 Å². The molecule has 1 unspecified atom stereocenters. The van der Waals surface area contributed by atoms with Gasteiger partial charge in [-0.2, -0.15) is 0 Å². The molecule has 1 saturated heterocycles. The number of ether oxygens (including phenoxy) is 1. The zero-order valence-electron chi connectivity index (χ0n) is 15.3. The molecule has 6 nitrogen and oxygen atoms in total.